The third-order valence-corrected chi connectivity index (χ3v) is 2.76. The van der Waals surface area contributed by atoms with Gasteiger partial charge in [0.1, 0.15) is 23.7 Å². The van der Waals surface area contributed by atoms with Crippen LogP contribution < -0.4 is 4.74 Å². The first-order valence-corrected chi connectivity index (χ1v) is 6.00. The number of ether oxygens (including phenoxy) is 1. The molecule has 0 fully saturated rings. The van der Waals surface area contributed by atoms with Crippen LogP contribution in [0.2, 0.25) is 0 Å². The molecule has 0 radical (unpaired) electrons. The maximum absolute atomic E-state index is 13.0. The van der Waals surface area contributed by atoms with Gasteiger partial charge >= 0.3 is 6.18 Å². The van der Waals surface area contributed by atoms with E-state index in [2.05, 4.69) is 0 Å². The Labute approximate surface area is 122 Å². The van der Waals surface area contributed by atoms with Crippen molar-refractivity contribution in [2.75, 3.05) is 0 Å². The Bertz CT molecular complexity index is 701. The van der Waals surface area contributed by atoms with Gasteiger partial charge in [0.05, 0.1) is 4.92 Å². The van der Waals surface area contributed by atoms with E-state index in [0.717, 1.165) is 18.2 Å². The lowest BCUT2D eigenvalue weighted by atomic mass is 10.1. The molecule has 0 amide bonds. The van der Waals surface area contributed by atoms with E-state index in [4.69, 9.17) is 4.74 Å². The van der Waals surface area contributed by atoms with Crippen LogP contribution in [0, 0.1) is 15.9 Å². The van der Waals surface area contributed by atoms with Crippen molar-refractivity contribution >= 4 is 5.69 Å². The quantitative estimate of drug-likeness (QED) is 0.479. The Morgan fingerprint density at radius 3 is 2.45 bits per heavy atom. The van der Waals surface area contributed by atoms with E-state index in [1.54, 1.807) is 0 Å². The van der Waals surface area contributed by atoms with E-state index in [-0.39, 0.29) is 6.61 Å². The molecule has 2 aromatic rings. The zero-order valence-corrected chi connectivity index (χ0v) is 10.9. The fraction of sp³-hybridized carbons (Fsp3) is 0.143. The topological polar surface area (TPSA) is 52.4 Å². The molecule has 0 aliphatic carbocycles. The standard InChI is InChI=1S/C14H9F4NO3/c15-10-3-1-2-9(6-10)8-22-13-5-4-11(19(20)21)7-12(13)14(16,17)18/h1-7H,8H2. The molecule has 22 heavy (non-hydrogen) atoms. The van der Waals surface area contributed by atoms with Gasteiger partial charge in [0, 0.05) is 12.1 Å². The molecule has 0 N–H and O–H groups in total. The summed E-state index contributed by atoms with van der Waals surface area (Å²) in [6, 6.07) is 7.39. The third-order valence-electron chi connectivity index (χ3n) is 2.76. The summed E-state index contributed by atoms with van der Waals surface area (Å²) in [4.78, 5) is 9.64. The summed E-state index contributed by atoms with van der Waals surface area (Å²) < 4.78 is 56.8. The van der Waals surface area contributed by atoms with E-state index in [1.165, 1.54) is 18.2 Å². The van der Waals surface area contributed by atoms with Crippen LogP contribution >= 0.6 is 0 Å². The molecule has 0 aliphatic rings. The van der Waals surface area contributed by atoms with Crippen LogP contribution in [0.4, 0.5) is 23.2 Å². The van der Waals surface area contributed by atoms with E-state index in [1.807, 2.05) is 0 Å². The highest BCUT2D eigenvalue weighted by Crippen LogP contribution is 2.38. The maximum atomic E-state index is 13.0. The van der Waals surface area contributed by atoms with Crippen molar-refractivity contribution in [3.63, 3.8) is 0 Å². The average Bonchev–Trinajstić information content (AvgIpc) is 2.44. The van der Waals surface area contributed by atoms with Gasteiger partial charge in [-0.3, -0.25) is 10.1 Å². The van der Waals surface area contributed by atoms with E-state index < -0.39 is 33.9 Å². The number of rotatable bonds is 4. The molecule has 2 rings (SSSR count). The van der Waals surface area contributed by atoms with Crippen LogP contribution in [0.25, 0.3) is 0 Å². The summed E-state index contributed by atoms with van der Waals surface area (Å²) in [6.07, 6.45) is -4.80. The molecular formula is C14H9F4NO3. The van der Waals surface area contributed by atoms with Crippen molar-refractivity contribution in [1.82, 2.24) is 0 Å². The molecule has 0 saturated heterocycles. The van der Waals surface area contributed by atoms with Crippen molar-refractivity contribution in [1.29, 1.82) is 0 Å². The van der Waals surface area contributed by atoms with Crippen molar-refractivity contribution in [3.05, 3.63) is 69.5 Å². The van der Waals surface area contributed by atoms with Gasteiger partial charge in [0.25, 0.3) is 5.69 Å². The predicted octanol–water partition coefficient (Wildman–Crippen LogP) is 4.33. The largest absolute Gasteiger partial charge is 0.488 e. The Kier molecular flexibility index (Phi) is 4.30. The monoisotopic (exact) mass is 315 g/mol. The molecular weight excluding hydrogens is 306 g/mol. The Morgan fingerprint density at radius 1 is 1.14 bits per heavy atom. The normalized spacial score (nSPS) is 11.3. The van der Waals surface area contributed by atoms with Crippen molar-refractivity contribution in [2.24, 2.45) is 0 Å². The molecule has 0 heterocycles. The van der Waals surface area contributed by atoms with E-state index >= 15 is 0 Å². The Hall–Kier alpha value is -2.64. The highest BCUT2D eigenvalue weighted by Gasteiger charge is 2.36. The summed E-state index contributed by atoms with van der Waals surface area (Å²) in [5, 5.41) is 10.6. The molecule has 0 saturated carbocycles. The van der Waals surface area contributed by atoms with Gasteiger partial charge in [-0.25, -0.2) is 4.39 Å². The van der Waals surface area contributed by atoms with Crippen molar-refractivity contribution in [3.8, 4) is 5.75 Å². The molecule has 0 aliphatic heterocycles. The van der Waals surface area contributed by atoms with Crippen LogP contribution in [0.15, 0.2) is 42.5 Å². The lowest BCUT2D eigenvalue weighted by Crippen LogP contribution is -2.09. The number of alkyl halides is 3. The minimum absolute atomic E-state index is 0.293. The van der Waals surface area contributed by atoms with Crippen LogP contribution in [0.1, 0.15) is 11.1 Å². The van der Waals surface area contributed by atoms with Crippen LogP contribution in [-0.2, 0) is 12.8 Å². The first-order valence-electron chi connectivity index (χ1n) is 6.00. The number of halogens is 4. The van der Waals surface area contributed by atoms with Gasteiger partial charge in [-0.05, 0) is 23.8 Å². The Morgan fingerprint density at radius 2 is 1.86 bits per heavy atom. The van der Waals surface area contributed by atoms with Crippen LogP contribution in [-0.4, -0.2) is 4.92 Å². The minimum Gasteiger partial charge on any atom is -0.488 e. The number of benzene rings is 2. The van der Waals surface area contributed by atoms with Gasteiger partial charge in [-0.2, -0.15) is 13.2 Å². The zero-order chi connectivity index (χ0) is 16.3. The predicted molar refractivity (Wildman–Crippen MR) is 68.8 cm³/mol. The summed E-state index contributed by atoms with van der Waals surface area (Å²) in [7, 11) is 0. The maximum Gasteiger partial charge on any atom is 0.420 e. The van der Waals surface area contributed by atoms with E-state index in [0.29, 0.717) is 11.6 Å². The SMILES string of the molecule is O=[N+]([O-])c1ccc(OCc2cccc(F)c2)c(C(F)(F)F)c1. The number of nitro benzene ring substituents is 1. The highest BCUT2D eigenvalue weighted by molar-refractivity contribution is 5.45. The third kappa shape index (κ3) is 3.72. The zero-order valence-electron chi connectivity index (χ0n) is 10.9. The number of hydrogen-bond donors (Lipinski definition) is 0. The first kappa shape index (κ1) is 15.7. The van der Waals surface area contributed by atoms with Gasteiger partial charge in [-0.1, -0.05) is 12.1 Å². The highest BCUT2D eigenvalue weighted by atomic mass is 19.4. The molecule has 2 aromatic carbocycles. The molecule has 0 atom stereocenters. The summed E-state index contributed by atoms with van der Waals surface area (Å²) in [5.74, 6) is -1.09. The Balaban J connectivity index is 2.28. The van der Waals surface area contributed by atoms with Crippen molar-refractivity contribution in [2.45, 2.75) is 12.8 Å². The number of nitrogens with zero attached hydrogens (tertiary/aromatic N) is 1. The van der Waals surface area contributed by atoms with Crippen LogP contribution in [0.5, 0.6) is 5.75 Å². The lowest BCUT2D eigenvalue weighted by molar-refractivity contribution is -0.385. The number of hydrogen-bond acceptors (Lipinski definition) is 3. The second kappa shape index (κ2) is 6.00. The van der Waals surface area contributed by atoms with Gasteiger partial charge in [0.15, 0.2) is 0 Å². The summed E-state index contributed by atoms with van der Waals surface area (Å²) in [6.45, 7) is -0.293. The molecule has 116 valence electrons. The number of non-ortho nitro benzene ring substituents is 1. The van der Waals surface area contributed by atoms with Gasteiger partial charge < -0.3 is 4.74 Å². The first-order chi connectivity index (χ1) is 10.3. The summed E-state index contributed by atoms with van der Waals surface area (Å²) in [5.41, 5.74) is -1.60. The molecule has 4 nitrogen and oxygen atoms in total. The van der Waals surface area contributed by atoms with Crippen LogP contribution in [0.3, 0.4) is 0 Å². The molecule has 8 heteroatoms. The fourth-order valence-corrected chi connectivity index (χ4v) is 1.77. The van der Waals surface area contributed by atoms with Gasteiger partial charge in [-0.15, -0.1) is 0 Å². The fourth-order valence-electron chi connectivity index (χ4n) is 1.77. The molecule has 0 bridgehead atoms. The number of nitro groups is 1. The smallest absolute Gasteiger partial charge is 0.420 e. The van der Waals surface area contributed by atoms with Gasteiger partial charge in [0.2, 0.25) is 0 Å². The average molecular weight is 315 g/mol. The van der Waals surface area contributed by atoms with Crippen molar-refractivity contribution < 1.29 is 27.2 Å². The molecule has 0 unspecified atom stereocenters. The lowest BCUT2D eigenvalue weighted by Gasteiger charge is -2.13. The molecule has 0 spiro atoms. The van der Waals surface area contributed by atoms with E-state index in [9.17, 15) is 27.7 Å². The second-order valence-electron chi connectivity index (χ2n) is 4.35. The molecule has 0 aromatic heterocycles. The second-order valence-corrected chi connectivity index (χ2v) is 4.35. The minimum atomic E-state index is -4.80. The summed E-state index contributed by atoms with van der Waals surface area (Å²) >= 11 is 0.